The zero-order valence-electron chi connectivity index (χ0n) is 12.7. The van der Waals surface area contributed by atoms with Crippen molar-refractivity contribution in [3.8, 4) is 0 Å². The second-order valence-corrected chi connectivity index (χ2v) is 6.62. The number of nitrogens with zero attached hydrogens (tertiary/aromatic N) is 1. The van der Waals surface area contributed by atoms with Crippen molar-refractivity contribution in [2.75, 3.05) is 0 Å². The van der Waals surface area contributed by atoms with Crippen LogP contribution in [-0.2, 0) is 9.59 Å². The first-order valence-electron chi connectivity index (χ1n) is 7.47. The van der Waals surface area contributed by atoms with Crippen LogP contribution in [0.5, 0.6) is 0 Å². The van der Waals surface area contributed by atoms with Gasteiger partial charge in [0.2, 0.25) is 11.8 Å². The second kappa shape index (κ2) is 4.80. The smallest absolute Gasteiger partial charge is 0.249 e. The average molecular weight is 266 g/mol. The van der Waals surface area contributed by atoms with Crippen molar-refractivity contribution in [2.45, 2.75) is 71.5 Å². The summed E-state index contributed by atoms with van der Waals surface area (Å²) in [7, 11) is 0. The van der Waals surface area contributed by atoms with E-state index in [0.717, 1.165) is 19.3 Å². The van der Waals surface area contributed by atoms with E-state index in [2.05, 4.69) is 12.2 Å². The molecule has 1 saturated heterocycles. The highest BCUT2D eigenvalue weighted by molar-refractivity contribution is 6.00. The molecule has 0 aromatic rings. The maximum atomic E-state index is 12.9. The van der Waals surface area contributed by atoms with Gasteiger partial charge in [-0.2, -0.15) is 0 Å². The zero-order valence-corrected chi connectivity index (χ0v) is 12.7. The standard InChI is InChI=1S/C15H26N2O2/c1-6-10(4)17-12(9(2)3)13(18)16-15(5,14(17)19)11-7-8-11/h9-12H,6-8H2,1-5H3,(H,16,18). The molecule has 108 valence electrons. The highest BCUT2D eigenvalue weighted by Gasteiger charge is 2.56. The lowest BCUT2D eigenvalue weighted by Crippen LogP contribution is -2.72. The number of hydrogen-bond donors (Lipinski definition) is 1. The molecule has 1 aliphatic heterocycles. The molecule has 1 N–H and O–H groups in total. The topological polar surface area (TPSA) is 49.4 Å². The lowest BCUT2D eigenvalue weighted by atomic mass is 9.85. The van der Waals surface area contributed by atoms with Crippen molar-refractivity contribution < 1.29 is 9.59 Å². The van der Waals surface area contributed by atoms with E-state index in [1.807, 2.05) is 32.6 Å². The fourth-order valence-electron chi connectivity index (χ4n) is 3.14. The third-order valence-corrected chi connectivity index (χ3v) is 4.72. The lowest BCUT2D eigenvalue weighted by Gasteiger charge is -2.48. The van der Waals surface area contributed by atoms with Gasteiger partial charge in [0.25, 0.3) is 0 Å². The fraction of sp³-hybridized carbons (Fsp3) is 0.867. The van der Waals surface area contributed by atoms with Crippen LogP contribution in [-0.4, -0.2) is 34.3 Å². The van der Waals surface area contributed by atoms with Gasteiger partial charge in [-0.05, 0) is 44.9 Å². The number of amides is 2. The van der Waals surface area contributed by atoms with Crippen molar-refractivity contribution in [1.29, 1.82) is 0 Å². The summed E-state index contributed by atoms with van der Waals surface area (Å²) in [4.78, 5) is 27.2. The Morgan fingerprint density at radius 1 is 1.32 bits per heavy atom. The molecule has 2 fully saturated rings. The number of rotatable bonds is 4. The van der Waals surface area contributed by atoms with Crippen molar-refractivity contribution in [3.05, 3.63) is 0 Å². The molecule has 19 heavy (non-hydrogen) atoms. The minimum Gasteiger partial charge on any atom is -0.340 e. The summed E-state index contributed by atoms with van der Waals surface area (Å²) >= 11 is 0. The highest BCUT2D eigenvalue weighted by Crippen LogP contribution is 2.43. The van der Waals surface area contributed by atoms with Gasteiger partial charge in [-0.1, -0.05) is 20.8 Å². The number of carbonyl (C=O) groups is 2. The van der Waals surface area contributed by atoms with Gasteiger partial charge in [0, 0.05) is 6.04 Å². The van der Waals surface area contributed by atoms with Gasteiger partial charge in [0.05, 0.1) is 0 Å². The number of hydrogen-bond acceptors (Lipinski definition) is 2. The first-order valence-corrected chi connectivity index (χ1v) is 7.47. The van der Waals surface area contributed by atoms with Crippen molar-refractivity contribution in [3.63, 3.8) is 0 Å². The first-order chi connectivity index (χ1) is 8.82. The van der Waals surface area contributed by atoms with E-state index in [4.69, 9.17) is 0 Å². The molecule has 0 spiro atoms. The van der Waals surface area contributed by atoms with Crippen LogP contribution in [0.2, 0.25) is 0 Å². The van der Waals surface area contributed by atoms with Gasteiger partial charge in [0.1, 0.15) is 11.6 Å². The maximum Gasteiger partial charge on any atom is 0.249 e. The Bertz CT molecular complexity index is 390. The Labute approximate surface area is 115 Å². The molecular formula is C15H26N2O2. The van der Waals surface area contributed by atoms with Crippen LogP contribution < -0.4 is 5.32 Å². The van der Waals surface area contributed by atoms with Crippen LogP contribution >= 0.6 is 0 Å². The fourth-order valence-corrected chi connectivity index (χ4v) is 3.14. The third kappa shape index (κ3) is 2.26. The molecule has 1 saturated carbocycles. The Morgan fingerprint density at radius 2 is 1.89 bits per heavy atom. The second-order valence-electron chi connectivity index (χ2n) is 6.62. The summed E-state index contributed by atoms with van der Waals surface area (Å²) in [5.41, 5.74) is -0.675. The predicted molar refractivity (Wildman–Crippen MR) is 74.5 cm³/mol. The van der Waals surface area contributed by atoms with E-state index < -0.39 is 5.54 Å². The monoisotopic (exact) mass is 266 g/mol. The van der Waals surface area contributed by atoms with Crippen LogP contribution in [0.1, 0.15) is 53.9 Å². The third-order valence-electron chi connectivity index (χ3n) is 4.72. The minimum atomic E-state index is -0.675. The van der Waals surface area contributed by atoms with E-state index >= 15 is 0 Å². The van der Waals surface area contributed by atoms with E-state index in [1.54, 1.807) is 0 Å². The summed E-state index contributed by atoms with van der Waals surface area (Å²) in [6, 6.07) is -0.210. The maximum absolute atomic E-state index is 12.9. The first kappa shape index (κ1) is 14.4. The molecule has 4 nitrogen and oxygen atoms in total. The predicted octanol–water partition coefficient (Wildman–Crippen LogP) is 1.94. The van der Waals surface area contributed by atoms with E-state index in [1.165, 1.54) is 0 Å². The van der Waals surface area contributed by atoms with Crippen molar-refractivity contribution in [1.82, 2.24) is 10.2 Å². The summed E-state index contributed by atoms with van der Waals surface area (Å²) < 4.78 is 0. The van der Waals surface area contributed by atoms with Gasteiger partial charge in [-0.25, -0.2) is 0 Å². The molecule has 1 aliphatic carbocycles. The number of piperazine rings is 1. The van der Waals surface area contributed by atoms with Gasteiger partial charge in [0.15, 0.2) is 0 Å². The minimum absolute atomic E-state index is 0.0179. The summed E-state index contributed by atoms with van der Waals surface area (Å²) in [5.74, 6) is 0.595. The van der Waals surface area contributed by atoms with Crippen LogP contribution in [0.25, 0.3) is 0 Å². The van der Waals surface area contributed by atoms with Crippen LogP contribution in [0.15, 0.2) is 0 Å². The Hall–Kier alpha value is -1.06. The molecule has 2 aliphatic rings. The molecule has 0 bridgehead atoms. The van der Waals surface area contributed by atoms with Crippen LogP contribution in [0, 0.1) is 11.8 Å². The summed E-state index contributed by atoms with van der Waals surface area (Å²) in [6.45, 7) is 10.0. The zero-order chi connectivity index (χ0) is 14.4. The molecule has 3 atom stereocenters. The quantitative estimate of drug-likeness (QED) is 0.845. The molecule has 4 heteroatoms. The number of nitrogens with one attached hydrogen (secondary N) is 1. The molecule has 1 heterocycles. The van der Waals surface area contributed by atoms with Gasteiger partial charge < -0.3 is 10.2 Å². The molecule has 0 aromatic heterocycles. The van der Waals surface area contributed by atoms with Crippen molar-refractivity contribution >= 4 is 11.8 Å². The molecule has 3 unspecified atom stereocenters. The molecule has 0 radical (unpaired) electrons. The Balaban J connectivity index is 2.36. The van der Waals surface area contributed by atoms with Crippen LogP contribution in [0.3, 0.4) is 0 Å². The molecule has 2 amide bonds. The Morgan fingerprint density at radius 3 is 2.32 bits per heavy atom. The normalized spacial score (nSPS) is 33.6. The van der Waals surface area contributed by atoms with Gasteiger partial charge >= 0.3 is 0 Å². The van der Waals surface area contributed by atoms with Crippen molar-refractivity contribution in [2.24, 2.45) is 11.8 Å². The van der Waals surface area contributed by atoms with E-state index in [9.17, 15) is 9.59 Å². The SMILES string of the molecule is CCC(C)N1C(=O)C(C)(C2CC2)NC(=O)C1C(C)C. The lowest BCUT2D eigenvalue weighted by molar-refractivity contribution is -0.160. The van der Waals surface area contributed by atoms with Crippen LogP contribution in [0.4, 0.5) is 0 Å². The van der Waals surface area contributed by atoms with E-state index in [0.29, 0.717) is 5.92 Å². The summed E-state index contributed by atoms with van der Waals surface area (Å²) in [6.07, 6.45) is 2.97. The highest BCUT2D eigenvalue weighted by atomic mass is 16.2. The van der Waals surface area contributed by atoms with Gasteiger partial charge in [-0.15, -0.1) is 0 Å². The average Bonchev–Trinajstić information content (AvgIpc) is 3.16. The summed E-state index contributed by atoms with van der Waals surface area (Å²) in [5, 5.41) is 3.01. The molecular weight excluding hydrogens is 240 g/mol. The van der Waals surface area contributed by atoms with Gasteiger partial charge in [-0.3, -0.25) is 9.59 Å². The molecule has 0 aromatic carbocycles. The largest absolute Gasteiger partial charge is 0.340 e. The Kier molecular flexibility index (Phi) is 3.63. The number of carbonyl (C=O) groups excluding carboxylic acids is 2. The molecule has 2 rings (SSSR count). The van der Waals surface area contributed by atoms with E-state index in [-0.39, 0.29) is 29.8 Å².